The molecular formula is C14H19N3O2. The van der Waals surface area contributed by atoms with Crippen molar-refractivity contribution in [3.05, 3.63) is 40.8 Å². The maximum absolute atomic E-state index is 11.8. The van der Waals surface area contributed by atoms with E-state index in [4.69, 9.17) is 4.74 Å². The van der Waals surface area contributed by atoms with Gasteiger partial charge in [0.1, 0.15) is 0 Å². The van der Waals surface area contributed by atoms with Gasteiger partial charge in [-0.15, -0.1) is 0 Å². The number of ether oxygens (including phenoxy) is 1. The molecule has 1 N–H and O–H groups in total. The second-order valence-corrected chi connectivity index (χ2v) is 4.18. The van der Waals surface area contributed by atoms with E-state index >= 15 is 0 Å². The van der Waals surface area contributed by atoms with Crippen molar-refractivity contribution in [3.8, 4) is 0 Å². The minimum atomic E-state index is -0.0645. The normalized spacial score (nSPS) is 11.0. The Bertz CT molecular complexity index is 580. The standard InChI is InChI=1S/C14H19N3O2/c1-2-19-10-8-15-7-9-17-13-6-4-3-5-12(13)16-11-14(17)18/h3-6,11,15H,2,7-10H2,1H3. The van der Waals surface area contributed by atoms with Gasteiger partial charge >= 0.3 is 0 Å². The lowest BCUT2D eigenvalue weighted by Gasteiger charge is -2.10. The number of rotatable bonds is 7. The zero-order chi connectivity index (χ0) is 13.5. The molecule has 0 fully saturated rings. The first-order valence-electron chi connectivity index (χ1n) is 6.56. The fraction of sp³-hybridized carbons (Fsp3) is 0.429. The molecule has 0 aliphatic heterocycles. The van der Waals surface area contributed by atoms with Crippen LogP contribution in [0.3, 0.4) is 0 Å². The first kappa shape index (κ1) is 13.7. The molecule has 5 nitrogen and oxygen atoms in total. The molecule has 0 bridgehead atoms. The summed E-state index contributed by atoms with van der Waals surface area (Å²) in [6.07, 6.45) is 1.38. The van der Waals surface area contributed by atoms with E-state index in [0.717, 1.165) is 30.7 Å². The van der Waals surface area contributed by atoms with E-state index < -0.39 is 0 Å². The molecular weight excluding hydrogens is 242 g/mol. The molecule has 0 spiro atoms. The number of nitrogens with one attached hydrogen (secondary N) is 1. The van der Waals surface area contributed by atoms with E-state index in [1.54, 1.807) is 4.57 Å². The molecule has 0 saturated heterocycles. The molecule has 102 valence electrons. The molecule has 5 heteroatoms. The molecule has 2 rings (SSSR count). The molecule has 0 unspecified atom stereocenters. The molecule has 0 amide bonds. The van der Waals surface area contributed by atoms with Crippen LogP contribution in [0.5, 0.6) is 0 Å². The van der Waals surface area contributed by atoms with E-state index in [-0.39, 0.29) is 5.56 Å². The van der Waals surface area contributed by atoms with Gasteiger partial charge in [-0.25, -0.2) is 4.98 Å². The topological polar surface area (TPSA) is 56.1 Å². The summed E-state index contributed by atoms with van der Waals surface area (Å²) >= 11 is 0. The summed E-state index contributed by atoms with van der Waals surface area (Å²) in [5.41, 5.74) is 1.66. The number of nitrogens with zero attached hydrogens (tertiary/aromatic N) is 2. The van der Waals surface area contributed by atoms with Crippen molar-refractivity contribution in [3.63, 3.8) is 0 Å². The molecule has 1 aromatic heterocycles. The molecule has 0 saturated carbocycles. The van der Waals surface area contributed by atoms with Crippen molar-refractivity contribution in [2.75, 3.05) is 26.3 Å². The van der Waals surface area contributed by atoms with E-state index in [1.165, 1.54) is 6.20 Å². The summed E-state index contributed by atoms with van der Waals surface area (Å²) in [7, 11) is 0. The van der Waals surface area contributed by atoms with Crippen LogP contribution in [-0.2, 0) is 11.3 Å². The van der Waals surface area contributed by atoms with Gasteiger partial charge in [-0.2, -0.15) is 0 Å². The molecule has 0 aliphatic carbocycles. The summed E-state index contributed by atoms with van der Waals surface area (Å²) in [5.74, 6) is 0. The number of aromatic nitrogens is 2. The first-order valence-corrected chi connectivity index (χ1v) is 6.56. The van der Waals surface area contributed by atoms with Crippen molar-refractivity contribution in [2.24, 2.45) is 0 Å². The van der Waals surface area contributed by atoms with Gasteiger partial charge in [0.05, 0.1) is 23.8 Å². The van der Waals surface area contributed by atoms with Crippen molar-refractivity contribution in [1.29, 1.82) is 0 Å². The average molecular weight is 261 g/mol. The molecule has 1 heterocycles. The second kappa shape index (κ2) is 7.01. The van der Waals surface area contributed by atoms with Crippen LogP contribution >= 0.6 is 0 Å². The maximum atomic E-state index is 11.8. The van der Waals surface area contributed by atoms with Gasteiger partial charge in [0, 0.05) is 26.2 Å². The molecule has 19 heavy (non-hydrogen) atoms. The summed E-state index contributed by atoms with van der Waals surface area (Å²) in [6.45, 7) is 5.57. The number of fused-ring (bicyclic) bond motifs is 1. The fourth-order valence-electron chi connectivity index (χ4n) is 1.95. The van der Waals surface area contributed by atoms with Crippen LogP contribution in [0.4, 0.5) is 0 Å². The van der Waals surface area contributed by atoms with Crippen molar-refractivity contribution < 1.29 is 4.74 Å². The van der Waals surface area contributed by atoms with Crippen LogP contribution in [0.25, 0.3) is 11.0 Å². The van der Waals surface area contributed by atoms with Gasteiger partial charge in [-0.05, 0) is 19.1 Å². The minimum Gasteiger partial charge on any atom is -0.380 e. The zero-order valence-corrected chi connectivity index (χ0v) is 11.1. The summed E-state index contributed by atoms with van der Waals surface area (Å²) in [4.78, 5) is 16.0. The monoisotopic (exact) mass is 261 g/mol. The Kier molecular flexibility index (Phi) is 5.06. The highest BCUT2D eigenvalue weighted by Gasteiger charge is 2.02. The molecule has 0 radical (unpaired) electrons. The van der Waals surface area contributed by atoms with Crippen LogP contribution < -0.4 is 10.9 Å². The van der Waals surface area contributed by atoms with Crippen LogP contribution in [-0.4, -0.2) is 35.9 Å². The third-order valence-corrected chi connectivity index (χ3v) is 2.89. The van der Waals surface area contributed by atoms with Crippen LogP contribution in [0.15, 0.2) is 35.3 Å². The smallest absolute Gasteiger partial charge is 0.269 e. The predicted octanol–water partition coefficient (Wildman–Crippen LogP) is 1.02. The highest BCUT2D eigenvalue weighted by Crippen LogP contribution is 2.07. The lowest BCUT2D eigenvalue weighted by atomic mass is 10.3. The highest BCUT2D eigenvalue weighted by atomic mass is 16.5. The Morgan fingerprint density at radius 2 is 2.16 bits per heavy atom. The van der Waals surface area contributed by atoms with Crippen molar-refractivity contribution in [1.82, 2.24) is 14.9 Å². The van der Waals surface area contributed by atoms with Gasteiger partial charge in [0.15, 0.2) is 0 Å². The Hall–Kier alpha value is -1.72. The summed E-state index contributed by atoms with van der Waals surface area (Å²) in [6, 6.07) is 7.67. The van der Waals surface area contributed by atoms with Crippen LogP contribution in [0, 0.1) is 0 Å². The molecule has 0 atom stereocenters. The second-order valence-electron chi connectivity index (χ2n) is 4.18. The SMILES string of the molecule is CCOCCNCCn1c(=O)cnc2ccccc21. The highest BCUT2D eigenvalue weighted by molar-refractivity contribution is 5.74. The predicted molar refractivity (Wildman–Crippen MR) is 75.4 cm³/mol. The zero-order valence-electron chi connectivity index (χ0n) is 11.1. The number of para-hydroxylation sites is 2. The molecule has 2 aromatic rings. The molecule has 1 aromatic carbocycles. The summed E-state index contributed by atoms with van der Waals surface area (Å²) in [5, 5.41) is 3.26. The van der Waals surface area contributed by atoms with Gasteiger partial charge < -0.3 is 14.6 Å². The van der Waals surface area contributed by atoms with Gasteiger partial charge in [-0.1, -0.05) is 12.1 Å². The van der Waals surface area contributed by atoms with Crippen LogP contribution in [0.1, 0.15) is 6.92 Å². The van der Waals surface area contributed by atoms with E-state index in [0.29, 0.717) is 13.2 Å². The van der Waals surface area contributed by atoms with Gasteiger partial charge in [0.25, 0.3) is 5.56 Å². The average Bonchev–Trinajstić information content (AvgIpc) is 2.44. The Morgan fingerprint density at radius 3 is 3.00 bits per heavy atom. The lowest BCUT2D eigenvalue weighted by Crippen LogP contribution is -2.29. The summed E-state index contributed by atoms with van der Waals surface area (Å²) < 4.78 is 6.98. The van der Waals surface area contributed by atoms with Gasteiger partial charge in [0.2, 0.25) is 0 Å². The van der Waals surface area contributed by atoms with E-state index in [2.05, 4.69) is 10.3 Å². The number of benzene rings is 1. The van der Waals surface area contributed by atoms with E-state index in [9.17, 15) is 4.79 Å². The van der Waals surface area contributed by atoms with Crippen LogP contribution in [0.2, 0.25) is 0 Å². The Balaban J connectivity index is 2.00. The number of hydrogen-bond donors (Lipinski definition) is 1. The Labute approximate surface area is 112 Å². The maximum Gasteiger partial charge on any atom is 0.269 e. The largest absolute Gasteiger partial charge is 0.380 e. The van der Waals surface area contributed by atoms with Crippen molar-refractivity contribution >= 4 is 11.0 Å². The van der Waals surface area contributed by atoms with Crippen molar-refractivity contribution in [2.45, 2.75) is 13.5 Å². The lowest BCUT2D eigenvalue weighted by molar-refractivity contribution is 0.149. The minimum absolute atomic E-state index is 0.0645. The number of hydrogen-bond acceptors (Lipinski definition) is 4. The third-order valence-electron chi connectivity index (χ3n) is 2.89. The fourth-order valence-corrected chi connectivity index (χ4v) is 1.95. The quantitative estimate of drug-likeness (QED) is 0.756. The van der Waals surface area contributed by atoms with Gasteiger partial charge in [-0.3, -0.25) is 4.79 Å². The Morgan fingerprint density at radius 1 is 1.32 bits per heavy atom. The van der Waals surface area contributed by atoms with E-state index in [1.807, 2.05) is 31.2 Å². The third kappa shape index (κ3) is 3.62. The first-order chi connectivity index (χ1) is 9.33. The molecule has 0 aliphatic rings.